The second-order valence-electron chi connectivity index (χ2n) is 6.40. The van der Waals surface area contributed by atoms with Gasteiger partial charge in [0.2, 0.25) is 5.91 Å². The molecule has 1 unspecified atom stereocenters. The van der Waals surface area contributed by atoms with Crippen molar-refractivity contribution in [2.45, 2.75) is 51.0 Å². The van der Waals surface area contributed by atoms with E-state index in [1.165, 1.54) is 25.3 Å². The fourth-order valence-corrected chi connectivity index (χ4v) is 3.83. The van der Waals surface area contributed by atoms with Crippen LogP contribution in [0.25, 0.3) is 0 Å². The number of nitro benzene ring substituents is 1. The predicted molar refractivity (Wildman–Crippen MR) is 83.5 cm³/mol. The highest BCUT2D eigenvalue weighted by Gasteiger charge is 2.36. The Labute approximate surface area is 130 Å². The molecule has 0 N–H and O–H groups in total. The van der Waals surface area contributed by atoms with Gasteiger partial charge >= 0.3 is 0 Å². The van der Waals surface area contributed by atoms with E-state index in [0.717, 1.165) is 25.8 Å². The summed E-state index contributed by atoms with van der Waals surface area (Å²) >= 11 is 0. The third-order valence-electron chi connectivity index (χ3n) is 5.02. The summed E-state index contributed by atoms with van der Waals surface area (Å²) in [5.41, 5.74) is 0.808. The lowest BCUT2D eigenvalue weighted by Gasteiger charge is -2.31. The molecular formula is C17H22N2O3. The molecule has 5 nitrogen and oxygen atoms in total. The molecule has 1 saturated carbocycles. The van der Waals surface area contributed by atoms with Crippen molar-refractivity contribution in [3.05, 3.63) is 39.9 Å². The maximum atomic E-state index is 12.6. The number of rotatable bonds is 4. The van der Waals surface area contributed by atoms with Crippen molar-refractivity contribution in [2.75, 3.05) is 6.54 Å². The van der Waals surface area contributed by atoms with Gasteiger partial charge in [-0.25, -0.2) is 0 Å². The minimum Gasteiger partial charge on any atom is -0.339 e. The minimum atomic E-state index is -0.354. The first kappa shape index (κ1) is 15.0. The molecule has 5 heteroatoms. The van der Waals surface area contributed by atoms with Crippen molar-refractivity contribution in [3.8, 4) is 0 Å². The number of hydrogen-bond donors (Lipinski definition) is 0. The topological polar surface area (TPSA) is 63.4 Å². The largest absolute Gasteiger partial charge is 0.339 e. The number of carbonyl (C=O) groups is 1. The van der Waals surface area contributed by atoms with Gasteiger partial charge in [0.1, 0.15) is 0 Å². The van der Waals surface area contributed by atoms with Crippen LogP contribution in [0, 0.1) is 16.0 Å². The van der Waals surface area contributed by atoms with E-state index in [1.807, 2.05) is 4.90 Å². The third-order valence-corrected chi connectivity index (χ3v) is 5.02. The first-order chi connectivity index (χ1) is 10.7. The number of para-hydroxylation sites is 1. The number of nitro groups is 1. The van der Waals surface area contributed by atoms with E-state index in [2.05, 4.69) is 0 Å². The Hall–Kier alpha value is -1.91. The quantitative estimate of drug-likeness (QED) is 0.633. The molecule has 118 valence electrons. The van der Waals surface area contributed by atoms with Gasteiger partial charge in [0, 0.05) is 30.1 Å². The van der Waals surface area contributed by atoms with Gasteiger partial charge in [0.05, 0.1) is 4.92 Å². The molecule has 2 fully saturated rings. The Kier molecular flexibility index (Phi) is 4.41. The van der Waals surface area contributed by atoms with Gasteiger partial charge in [-0.1, -0.05) is 37.5 Å². The van der Waals surface area contributed by atoms with E-state index in [-0.39, 0.29) is 22.4 Å². The lowest BCUT2D eigenvalue weighted by atomic mass is 9.94. The van der Waals surface area contributed by atoms with Crippen LogP contribution in [0.1, 0.15) is 44.1 Å². The molecule has 1 aromatic carbocycles. The summed E-state index contributed by atoms with van der Waals surface area (Å²) in [4.78, 5) is 25.4. The van der Waals surface area contributed by atoms with Gasteiger partial charge < -0.3 is 4.90 Å². The van der Waals surface area contributed by atoms with Crippen LogP contribution in [-0.2, 0) is 11.2 Å². The second-order valence-corrected chi connectivity index (χ2v) is 6.40. The zero-order chi connectivity index (χ0) is 15.5. The molecule has 2 aliphatic rings. The highest BCUT2D eigenvalue weighted by molar-refractivity contribution is 5.81. The molecule has 1 aliphatic carbocycles. The summed E-state index contributed by atoms with van der Waals surface area (Å²) in [5, 5.41) is 11.1. The van der Waals surface area contributed by atoms with Crippen LogP contribution in [0.15, 0.2) is 24.3 Å². The zero-order valence-corrected chi connectivity index (χ0v) is 12.7. The van der Waals surface area contributed by atoms with Crippen LogP contribution in [0.2, 0.25) is 0 Å². The smallest absolute Gasteiger partial charge is 0.272 e. The van der Waals surface area contributed by atoms with Gasteiger partial charge in [0.25, 0.3) is 5.69 Å². The number of carbonyl (C=O) groups excluding carboxylic acids is 1. The van der Waals surface area contributed by atoms with Gasteiger partial charge in [0.15, 0.2) is 0 Å². The van der Waals surface area contributed by atoms with Crippen molar-refractivity contribution in [3.63, 3.8) is 0 Å². The van der Waals surface area contributed by atoms with Crippen LogP contribution in [0.4, 0.5) is 5.69 Å². The van der Waals surface area contributed by atoms with Crippen LogP contribution < -0.4 is 0 Å². The summed E-state index contributed by atoms with van der Waals surface area (Å²) in [6.07, 6.45) is 7.24. The average molecular weight is 302 g/mol. The Morgan fingerprint density at radius 2 is 1.86 bits per heavy atom. The van der Waals surface area contributed by atoms with Gasteiger partial charge in [-0.15, -0.1) is 0 Å². The number of amides is 1. The summed E-state index contributed by atoms with van der Waals surface area (Å²) in [6, 6.07) is 7.17. The second kappa shape index (κ2) is 6.46. The Balaban J connectivity index is 1.69. The molecule has 1 saturated heterocycles. The van der Waals surface area contributed by atoms with Crippen molar-refractivity contribution in [1.82, 2.24) is 4.90 Å². The summed E-state index contributed by atoms with van der Waals surface area (Å²) in [5.74, 6) is 0.105. The molecule has 1 heterocycles. The van der Waals surface area contributed by atoms with Crippen LogP contribution in [0.5, 0.6) is 0 Å². The fourth-order valence-electron chi connectivity index (χ4n) is 3.83. The lowest BCUT2D eigenvalue weighted by Crippen LogP contribution is -2.39. The van der Waals surface area contributed by atoms with Crippen molar-refractivity contribution < 1.29 is 9.72 Å². The van der Waals surface area contributed by atoms with E-state index in [9.17, 15) is 14.9 Å². The molecule has 0 spiro atoms. The standard InChI is InChI=1S/C17H22N2O3/c20-17-14(10-11-18(17)15-7-2-1-3-8-15)12-13-6-4-5-9-16(13)19(21)22/h4-6,9,14-15H,1-3,7-8,10-12H2. The Morgan fingerprint density at radius 3 is 2.59 bits per heavy atom. The van der Waals surface area contributed by atoms with Gasteiger partial charge in [-0.2, -0.15) is 0 Å². The monoisotopic (exact) mass is 302 g/mol. The molecule has 3 rings (SSSR count). The zero-order valence-electron chi connectivity index (χ0n) is 12.7. The molecular weight excluding hydrogens is 280 g/mol. The molecule has 0 radical (unpaired) electrons. The summed E-state index contributed by atoms with van der Waals surface area (Å²) in [6.45, 7) is 0.814. The van der Waals surface area contributed by atoms with Crippen molar-refractivity contribution in [2.24, 2.45) is 5.92 Å². The number of hydrogen-bond acceptors (Lipinski definition) is 3. The average Bonchev–Trinajstić information content (AvgIpc) is 2.89. The van der Waals surface area contributed by atoms with Gasteiger partial charge in [-0.05, 0) is 25.7 Å². The van der Waals surface area contributed by atoms with Crippen LogP contribution >= 0.6 is 0 Å². The fraction of sp³-hybridized carbons (Fsp3) is 0.588. The van der Waals surface area contributed by atoms with E-state index in [4.69, 9.17) is 0 Å². The normalized spacial score (nSPS) is 23.0. The molecule has 1 atom stereocenters. The van der Waals surface area contributed by atoms with Gasteiger partial charge in [-0.3, -0.25) is 14.9 Å². The molecule has 22 heavy (non-hydrogen) atoms. The third kappa shape index (κ3) is 2.98. The summed E-state index contributed by atoms with van der Waals surface area (Å²) < 4.78 is 0. The maximum Gasteiger partial charge on any atom is 0.272 e. The first-order valence-electron chi connectivity index (χ1n) is 8.19. The predicted octanol–water partition coefficient (Wildman–Crippen LogP) is 3.32. The SMILES string of the molecule is O=C1C(Cc2ccccc2[N+](=O)[O-])CCN1C1CCCCC1. The molecule has 0 aromatic heterocycles. The van der Waals surface area contributed by atoms with E-state index < -0.39 is 0 Å². The highest BCUT2D eigenvalue weighted by atomic mass is 16.6. The molecule has 1 amide bonds. The molecule has 0 bridgehead atoms. The Morgan fingerprint density at radius 1 is 1.14 bits per heavy atom. The van der Waals surface area contributed by atoms with Crippen molar-refractivity contribution >= 4 is 11.6 Å². The summed E-state index contributed by atoms with van der Waals surface area (Å²) in [7, 11) is 0. The lowest BCUT2D eigenvalue weighted by molar-refractivity contribution is -0.385. The van der Waals surface area contributed by atoms with E-state index >= 15 is 0 Å². The highest BCUT2D eigenvalue weighted by Crippen LogP contribution is 2.31. The minimum absolute atomic E-state index is 0.0944. The Bertz CT molecular complexity index is 567. The molecule has 1 aromatic rings. The van der Waals surface area contributed by atoms with Crippen molar-refractivity contribution in [1.29, 1.82) is 0 Å². The van der Waals surface area contributed by atoms with Crippen LogP contribution in [-0.4, -0.2) is 28.3 Å². The van der Waals surface area contributed by atoms with E-state index in [0.29, 0.717) is 18.0 Å². The first-order valence-corrected chi connectivity index (χ1v) is 8.19. The number of benzene rings is 1. The number of nitrogens with zero attached hydrogens (tertiary/aromatic N) is 2. The number of likely N-dealkylation sites (tertiary alicyclic amines) is 1. The molecule has 1 aliphatic heterocycles. The maximum absolute atomic E-state index is 12.6. The van der Waals surface area contributed by atoms with Crippen LogP contribution in [0.3, 0.4) is 0 Å². The van der Waals surface area contributed by atoms with E-state index in [1.54, 1.807) is 18.2 Å².